The summed E-state index contributed by atoms with van der Waals surface area (Å²) >= 11 is 1.20. The number of carbonyl (C=O) groups is 2. The number of thiazole rings is 1. The Bertz CT molecular complexity index is 785. The number of halogens is 3. The molecular weight excluding hydrogens is 369 g/mol. The average molecular weight is 386 g/mol. The maximum absolute atomic E-state index is 12.6. The highest BCUT2D eigenvalue weighted by Crippen LogP contribution is 2.31. The number of alkyl halides is 3. The summed E-state index contributed by atoms with van der Waals surface area (Å²) in [7, 11) is 0. The normalized spacial score (nSPS) is 12.8. The third-order valence-electron chi connectivity index (χ3n) is 3.60. The van der Waals surface area contributed by atoms with Gasteiger partial charge in [0.25, 0.3) is 0 Å². The average Bonchev–Trinajstić information content (AvgIpc) is 2.99. The molecule has 26 heavy (non-hydrogen) atoms. The summed E-state index contributed by atoms with van der Waals surface area (Å²) in [6.07, 6.45) is -4.50. The van der Waals surface area contributed by atoms with Crippen molar-refractivity contribution in [3.05, 3.63) is 40.9 Å². The molecule has 0 fully saturated rings. The Hall–Kier alpha value is -2.42. The predicted octanol–water partition coefficient (Wildman–Crippen LogP) is 3.60. The van der Waals surface area contributed by atoms with Gasteiger partial charge in [0.15, 0.2) is 0 Å². The Morgan fingerprint density at radius 3 is 2.35 bits per heavy atom. The largest absolute Gasteiger partial charge is 0.480 e. The van der Waals surface area contributed by atoms with Gasteiger partial charge in [0.05, 0.1) is 17.7 Å². The first-order chi connectivity index (χ1) is 12.1. The summed E-state index contributed by atoms with van der Waals surface area (Å²) in [6, 6.07) is 3.61. The highest BCUT2D eigenvalue weighted by molar-refractivity contribution is 7.13. The molecule has 0 unspecified atom stereocenters. The van der Waals surface area contributed by atoms with Crippen molar-refractivity contribution < 1.29 is 27.9 Å². The molecule has 0 saturated carbocycles. The fourth-order valence-electron chi connectivity index (χ4n) is 2.23. The number of nitrogens with one attached hydrogen (secondary N) is 1. The van der Waals surface area contributed by atoms with Crippen molar-refractivity contribution in [2.24, 2.45) is 5.92 Å². The highest BCUT2D eigenvalue weighted by Gasteiger charge is 2.30. The number of amides is 1. The number of hydrogen-bond acceptors (Lipinski definition) is 4. The van der Waals surface area contributed by atoms with Gasteiger partial charge in [-0.2, -0.15) is 13.2 Å². The molecule has 1 heterocycles. The van der Waals surface area contributed by atoms with E-state index in [9.17, 15) is 22.8 Å². The van der Waals surface area contributed by atoms with Crippen molar-refractivity contribution in [2.75, 3.05) is 0 Å². The Morgan fingerprint density at radius 2 is 1.85 bits per heavy atom. The lowest BCUT2D eigenvalue weighted by Crippen LogP contribution is -2.44. The van der Waals surface area contributed by atoms with Crippen LogP contribution in [0.25, 0.3) is 10.6 Å². The lowest BCUT2D eigenvalue weighted by atomic mass is 10.0. The fraction of sp³-hybridized carbons (Fsp3) is 0.353. The molecule has 0 spiro atoms. The standard InChI is InChI=1S/C17H17F3N2O3S/c1-9(2)14(16(24)25)22-13(23)7-12-8-26-15(21-12)10-3-5-11(6-4-10)17(18,19)20/h3-6,8-9,14H,7H2,1-2H3,(H,22,23)(H,24,25)/t14-/m0/s1. The molecule has 1 amide bonds. The minimum absolute atomic E-state index is 0.104. The number of nitrogens with zero attached hydrogens (tertiary/aromatic N) is 1. The molecule has 0 saturated heterocycles. The van der Waals surface area contributed by atoms with Crippen LogP contribution in [0.5, 0.6) is 0 Å². The summed E-state index contributed by atoms with van der Waals surface area (Å²) < 4.78 is 37.8. The zero-order valence-electron chi connectivity index (χ0n) is 14.0. The zero-order chi connectivity index (χ0) is 19.5. The van der Waals surface area contributed by atoms with E-state index in [2.05, 4.69) is 10.3 Å². The van der Waals surface area contributed by atoms with E-state index in [1.807, 2.05) is 0 Å². The maximum atomic E-state index is 12.6. The molecule has 0 aliphatic carbocycles. The highest BCUT2D eigenvalue weighted by atomic mass is 32.1. The van der Waals surface area contributed by atoms with Crippen LogP contribution < -0.4 is 5.32 Å². The van der Waals surface area contributed by atoms with Crippen molar-refractivity contribution in [2.45, 2.75) is 32.5 Å². The third-order valence-corrected chi connectivity index (χ3v) is 4.54. The molecule has 0 bridgehead atoms. The zero-order valence-corrected chi connectivity index (χ0v) is 14.8. The van der Waals surface area contributed by atoms with Crippen LogP contribution in [0.15, 0.2) is 29.6 Å². The van der Waals surface area contributed by atoms with Gasteiger partial charge in [-0.25, -0.2) is 9.78 Å². The smallest absolute Gasteiger partial charge is 0.416 e. The van der Waals surface area contributed by atoms with E-state index < -0.39 is 29.7 Å². The molecule has 1 aromatic heterocycles. The molecule has 0 aliphatic heterocycles. The lowest BCUT2D eigenvalue weighted by molar-refractivity contribution is -0.143. The third kappa shape index (κ3) is 5.04. The van der Waals surface area contributed by atoms with E-state index in [0.717, 1.165) is 12.1 Å². The second-order valence-electron chi connectivity index (χ2n) is 6.02. The summed E-state index contributed by atoms with van der Waals surface area (Å²) in [6.45, 7) is 3.37. The Balaban J connectivity index is 2.05. The molecule has 0 radical (unpaired) electrons. The van der Waals surface area contributed by atoms with Crippen LogP contribution in [-0.2, 0) is 22.2 Å². The second-order valence-corrected chi connectivity index (χ2v) is 6.88. The number of carboxylic acids is 1. The number of hydrogen-bond donors (Lipinski definition) is 2. The van der Waals surface area contributed by atoms with Crippen LogP contribution in [0.4, 0.5) is 13.2 Å². The fourth-order valence-corrected chi connectivity index (χ4v) is 3.05. The van der Waals surface area contributed by atoms with Gasteiger partial charge in [0.2, 0.25) is 5.91 Å². The van der Waals surface area contributed by atoms with Crippen LogP contribution in [0.3, 0.4) is 0 Å². The maximum Gasteiger partial charge on any atom is 0.416 e. The Kier molecular flexibility index (Phi) is 6.01. The summed E-state index contributed by atoms with van der Waals surface area (Å²) in [5.41, 5.74) is 0.196. The van der Waals surface area contributed by atoms with Crippen LogP contribution in [0.2, 0.25) is 0 Å². The van der Waals surface area contributed by atoms with E-state index in [0.29, 0.717) is 16.3 Å². The first-order valence-electron chi connectivity index (χ1n) is 7.72. The number of aliphatic carboxylic acids is 1. The summed E-state index contributed by atoms with van der Waals surface area (Å²) in [5, 5.41) is 13.6. The summed E-state index contributed by atoms with van der Waals surface area (Å²) in [4.78, 5) is 27.3. The van der Waals surface area contributed by atoms with Crippen LogP contribution >= 0.6 is 11.3 Å². The first kappa shape index (κ1) is 19.9. The van der Waals surface area contributed by atoms with Gasteiger partial charge in [0.1, 0.15) is 11.0 Å². The molecule has 1 atom stereocenters. The van der Waals surface area contributed by atoms with E-state index in [-0.39, 0.29) is 12.3 Å². The van der Waals surface area contributed by atoms with E-state index in [4.69, 9.17) is 5.11 Å². The van der Waals surface area contributed by atoms with E-state index >= 15 is 0 Å². The van der Waals surface area contributed by atoms with E-state index in [1.54, 1.807) is 19.2 Å². The number of aromatic nitrogens is 1. The quantitative estimate of drug-likeness (QED) is 0.795. The van der Waals surface area contributed by atoms with Gasteiger partial charge in [0, 0.05) is 10.9 Å². The molecule has 5 nitrogen and oxygen atoms in total. The van der Waals surface area contributed by atoms with Crippen molar-refractivity contribution in [3.63, 3.8) is 0 Å². The number of carbonyl (C=O) groups excluding carboxylic acids is 1. The van der Waals surface area contributed by atoms with Gasteiger partial charge < -0.3 is 10.4 Å². The Morgan fingerprint density at radius 1 is 1.23 bits per heavy atom. The number of benzene rings is 1. The Labute approximate surface area is 151 Å². The monoisotopic (exact) mass is 386 g/mol. The molecule has 9 heteroatoms. The minimum atomic E-state index is -4.40. The van der Waals surface area contributed by atoms with Crippen molar-refractivity contribution in [1.29, 1.82) is 0 Å². The van der Waals surface area contributed by atoms with Crippen molar-refractivity contribution >= 4 is 23.2 Å². The minimum Gasteiger partial charge on any atom is -0.480 e. The van der Waals surface area contributed by atoms with Crippen molar-refractivity contribution in [1.82, 2.24) is 10.3 Å². The number of rotatable bonds is 6. The van der Waals surface area contributed by atoms with E-state index in [1.165, 1.54) is 23.5 Å². The van der Waals surface area contributed by atoms with Gasteiger partial charge in [-0.1, -0.05) is 26.0 Å². The summed E-state index contributed by atoms with van der Waals surface area (Å²) in [5.74, 6) is -1.86. The second kappa shape index (κ2) is 7.86. The topological polar surface area (TPSA) is 79.3 Å². The molecule has 2 rings (SSSR count). The molecule has 0 aliphatic rings. The first-order valence-corrected chi connectivity index (χ1v) is 8.60. The molecule has 2 aromatic rings. The van der Waals surface area contributed by atoms with Gasteiger partial charge in [-0.05, 0) is 18.1 Å². The predicted molar refractivity (Wildman–Crippen MR) is 90.7 cm³/mol. The van der Waals surface area contributed by atoms with Crippen molar-refractivity contribution in [3.8, 4) is 10.6 Å². The van der Waals surface area contributed by atoms with Crippen LogP contribution in [0.1, 0.15) is 25.1 Å². The van der Waals surface area contributed by atoms with Crippen LogP contribution in [-0.4, -0.2) is 28.0 Å². The van der Waals surface area contributed by atoms with Gasteiger partial charge in [-0.3, -0.25) is 4.79 Å². The van der Waals surface area contributed by atoms with Crippen LogP contribution in [0, 0.1) is 5.92 Å². The lowest BCUT2D eigenvalue weighted by Gasteiger charge is -2.17. The SMILES string of the molecule is CC(C)[C@H](NC(=O)Cc1csc(-c2ccc(C(F)(F)F)cc2)n1)C(=O)O. The molecule has 140 valence electrons. The number of carboxylic acid groups (broad SMARTS) is 1. The molecule has 2 N–H and O–H groups in total. The van der Waals surface area contributed by atoms with Gasteiger partial charge >= 0.3 is 12.1 Å². The molecular formula is C17H17F3N2O3S. The molecule has 1 aromatic carbocycles. The van der Waals surface area contributed by atoms with Gasteiger partial charge in [-0.15, -0.1) is 11.3 Å².